The summed E-state index contributed by atoms with van der Waals surface area (Å²) in [5.41, 5.74) is 0. The third kappa shape index (κ3) is 7.43. The molecule has 4 heteroatoms. The molecule has 1 heterocycles. The van der Waals surface area contributed by atoms with Gasteiger partial charge in [-0.25, -0.2) is 0 Å². The average Bonchev–Trinajstić information content (AvgIpc) is 2.30. The molecule has 1 fully saturated rings. The molecule has 0 unspecified atom stereocenters. The molecule has 1 amide bonds. The highest BCUT2D eigenvalue weighted by Crippen LogP contribution is 1.97. The number of allylic oxidation sites excluding steroid dienone is 1. The van der Waals surface area contributed by atoms with E-state index in [2.05, 4.69) is 13.5 Å². The maximum atomic E-state index is 11.4. The SMILES string of the molecule is C=CCC.CN(C)CC(=O)N1CCOCC1. The van der Waals surface area contributed by atoms with Gasteiger partial charge >= 0.3 is 0 Å². The first-order valence-corrected chi connectivity index (χ1v) is 5.73. The van der Waals surface area contributed by atoms with Crippen LogP contribution in [-0.2, 0) is 9.53 Å². The normalized spacial score (nSPS) is 15.4. The van der Waals surface area contributed by atoms with E-state index < -0.39 is 0 Å². The van der Waals surface area contributed by atoms with Crippen LogP contribution in [0, 0.1) is 0 Å². The van der Waals surface area contributed by atoms with Crippen LogP contribution in [0.25, 0.3) is 0 Å². The summed E-state index contributed by atoms with van der Waals surface area (Å²) in [6.07, 6.45) is 2.96. The molecular weight excluding hydrogens is 204 g/mol. The van der Waals surface area contributed by atoms with E-state index in [-0.39, 0.29) is 5.91 Å². The van der Waals surface area contributed by atoms with Crippen LogP contribution in [0.2, 0.25) is 0 Å². The minimum Gasteiger partial charge on any atom is -0.378 e. The zero-order chi connectivity index (χ0) is 12.4. The second-order valence-corrected chi connectivity index (χ2v) is 3.93. The number of rotatable bonds is 3. The fourth-order valence-electron chi connectivity index (χ4n) is 1.18. The Bertz CT molecular complexity index is 199. The van der Waals surface area contributed by atoms with Gasteiger partial charge in [-0.3, -0.25) is 4.79 Å². The topological polar surface area (TPSA) is 32.8 Å². The molecule has 4 nitrogen and oxygen atoms in total. The molecule has 0 bridgehead atoms. The maximum absolute atomic E-state index is 11.4. The highest BCUT2D eigenvalue weighted by atomic mass is 16.5. The third-order valence-electron chi connectivity index (χ3n) is 2.10. The van der Waals surface area contributed by atoms with Gasteiger partial charge in [0.1, 0.15) is 0 Å². The Balaban J connectivity index is 0.000000487. The predicted molar refractivity (Wildman–Crippen MR) is 66.4 cm³/mol. The molecule has 0 aromatic carbocycles. The van der Waals surface area contributed by atoms with Crippen LogP contribution >= 0.6 is 0 Å². The van der Waals surface area contributed by atoms with E-state index in [4.69, 9.17) is 4.74 Å². The number of carbonyl (C=O) groups excluding carboxylic acids is 1. The Morgan fingerprint density at radius 2 is 1.94 bits per heavy atom. The van der Waals surface area contributed by atoms with E-state index >= 15 is 0 Å². The number of hydrogen-bond acceptors (Lipinski definition) is 3. The number of nitrogens with zero attached hydrogens (tertiary/aromatic N) is 2. The first-order valence-electron chi connectivity index (χ1n) is 5.73. The van der Waals surface area contributed by atoms with Crippen LogP contribution in [0.15, 0.2) is 12.7 Å². The van der Waals surface area contributed by atoms with Crippen molar-refractivity contribution in [3.8, 4) is 0 Å². The molecule has 0 spiro atoms. The molecule has 1 rings (SSSR count). The van der Waals surface area contributed by atoms with E-state index in [9.17, 15) is 4.79 Å². The molecule has 0 saturated carbocycles. The Morgan fingerprint density at radius 1 is 1.44 bits per heavy atom. The van der Waals surface area contributed by atoms with Crippen molar-refractivity contribution in [2.45, 2.75) is 13.3 Å². The monoisotopic (exact) mass is 228 g/mol. The highest BCUT2D eigenvalue weighted by Gasteiger charge is 2.16. The summed E-state index contributed by atoms with van der Waals surface area (Å²) in [5.74, 6) is 0.198. The molecule has 1 saturated heterocycles. The molecular formula is C12H24N2O2. The second kappa shape index (κ2) is 9.36. The first-order chi connectivity index (χ1) is 7.61. The molecule has 0 aromatic heterocycles. The fourth-order valence-corrected chi connectivity index (χ4v) is 1.18. The van der Waals surface area contributed by atoms with Gasteiger partial charge in [0.15, 0.2) is 0 Å². The van der Waals surface area contributed by atoms with Gasteiger partial charge in [0, 0.05) is 13.1 Å². The van der Waals surface area contributed by atoms with Gasteiger partial charge in [0.25, 0.3) is 0 Å². The number of hydrogen-bond donors (Lipinski definition) is 0. The summed E-state index contributed by atoms with van der Waals surface area (Å²) in [4.78, 5) is 15.2. The standard InChI is InChI=1S/C8H16N2O2.C4H8/c1-9(2)7-8(11)10-3-5-12-6-4-10;1-3-4-2/h3-7H2,1-2H3;3H,1,4H2,2H3. The quantitative estimate of drug-likeness (QED) is 0.675. The summed E-state index contributed by atoms with van der Waals surface area (Å²) < 4.78 is 5.15. The summed E-state index contributed by atoms with van der Waals surface area (Å²) in [6.45, 7) is 8.89. The Labute approximate surface area is 98.9 Å². The van der Waals surface area contributed by atoms with Gasteiger partial charge in [-0.15, -0.1) is 6.58 Å². The number of likely N-dealkylation sites (N-methyl/N-ethyl adjacent to an activating group) is 1. The van der Waals surface area contributed by atoms with Crippen LogP contribution in [0.3, 0.4) is 0 Å². The largest absolute Gasteiger partial charge is 0.378 e. The number of ether oxygens (including phenoxy) is 1. The predicted octanol–water partition coefficient (Wildman–Crippen LogP) is 0.989. The lowest BCUT2D eigenvalue weighted by Gasteiger charge is -2.27. The molecule has 0 N–H and O–H groups in total. The Kier molecular flexibility index (Phi) is 8.85. The van der Waals surface area contributed by atoms with Crippen LogP contribution in [-0.4, -0.2) is 62.7 Å². The van der Waals surface area contributed by atoms with Gasteiger partial charge in [-0.2, -0.15) is 0 Å². The molecule has 1 aliphatic rings. The number of carbonyl (C=O) groups is 1. The van der Waals surface area contributed by atoms with Crippen molar-refractivity contribution in [2.75, 3.05) is 46.9 Å². The summed E-state index contributed by atoms with van der Waals surface area (Å²) >= 11 is 0. The van der Waals surface area contributed by atoms with Crippen LogP contribution in [0.4, 0.5) is 0 Å². The summed E-state index contributed by atoms with van der Waals surface area (Å²) in [7, 11) is 3.80. The van der Waals surface area contributed by atoms with Crippen molar-refractivity contribution < 1.29 is 9.53 Å². The first kappa shape index (κ1) is 15.1. The fraction of sp³-hybridized carbons (Fsp3) is 0.750. The Morgan fingerprint density at radius 3 is 2.31 bits per heavy atom. The average molecular weight is 228 g/mol. The maximum Gasteiger partial charge on any atom is 0.236 e. The molecule has 0 aliphatic carbocycles. The van der Waals surface area contributed by atoms with Gasteiger partial charge in [0.2, 0.25) is 5.91 Å². The highest BCUT2D eigenvalue weighted by molar-refractivity contribution is 5.78. The van der Waals surface area contributed by atoms with Crippen molar-refractivity contribution in [1.82, 2.24) is 9.80 Å². The minimum absolute atomic E-state index is 0.198. The van der Waals surface area contributed by atoms with E-state index in [0.29, 0.717) is 19.8 Å². The lowest BCUT2D eigenvalue weighted by atomic mass is 10.4. The molecule has 0 radical (unpaired) electrons. The van der Waals surface area contributed by atoms with E-state index in [1.165, 1.54) is 0 Å². The minimum atomic E-state index is 0.198. The smallest absolute Gasteiger partial charge is 0.236 e. The van der Waals surface area contributed by atoms with Gasteiger partial charge in [0.05, 0.1) is 19.8 Å². The summed E-state index contributed by atoms with van der Waals surface area (Å²) in [5, 5.41) is 0. The van der Waals surface area contributed by atoms with Gasteiger partial charge < -0.3 is 14.5 Å². The number of amides is 1. The zero-order valence-electron chi connectivity index (χ0n) is 10.7. The van der Waals surface area contributed by atoms with Crippen molar-refractivity contribution >= 4 is 5.91 Å². The third-order valence-corrected chi connectivity index (χ3v) is 2.10. The lowest BCUT2D eigenvalue weighted by molar-refractivity contribution is -0.135. The molecule has 16 heavy (non-hydrogen) atoms. The van der Waals surface area contributed by atoms with Crippen molar-refractivity contribution in [3.05, 3.63) is 12.7 Å². The molecule has 0 aromatic rings. The summed E-state index contributed by atoms with van der Waals surface area (Å²) in [6, 6.07) is 0. The second-order valence-electron chi connectivity index (χ2n) is 3.93. The molecule has 94 valence electrons. The van der Waals surface area contributed by atoms with Crippen LogP contribution in [0.5, 0.6) is 0 Å². The van der Waals surface area contributed by atoms with E-state index in [1.54, 1.807) is 0 Å². The Hall–Kier alpha value is -0.870. The van der Waals surface area contributed by atoms with Crippen LogP contribution < -0.4 is 0 Å². The number of morpholine rings is 1. The van der Waals surface area contributed by atoms with Crippen molar-refractivity contribution in [1.29, 1.82) is 0 Å². The van der Waals surface area contributed by atoms with E-state index in [1.807, 2.05) is 30.0 Å². The van der Waals surface area contributed by atoms with Gasteiger partial charge in [-0.1, -0.05) is 13.0 Å². The zero-order valence-corrected chi connectivity index (χ0v) is 10.7. The van der Waals surface area contributed by atoms with Crippen molar-refractivity contribution in [3.63, 3.8) is 0 Å². The van der Waals surface area contributed by atoms with E-state index in [0.717, 1.165) is 19.5 Å². The molecule has 0 atom stereocenters. The molecule has 1 aliphatic heterocycles. The van der Waals surface area contributed by atoms with Crippen molar-refractivity contribution in [2.24, 2.45) is 0 Å². The van der Waals surface area contributed by atoms with Gasteiger partial charge in [-0.05, 0) is 20.5 Å². The van der Waals surface area contributed by atoms with Crippen LogP contribution in [0.1, 0.15) is 13.3 Å². The lowest BCUT2D eigenvalue weighted by Crippen LogP contribution is -2.44.